The SMILES string of the molecule is C=CC(O)c1ccc([C]23[CH]4[C]5(c6ccc(C(O)C=C)cc6)[C]6(c7ccccc7)[C]2(c2ccccc2)[Fe]43562789[CH]3[C]2(c2ccc(C(O)C=C)cc2)[C]7(c2ccccc2)[C]8(c2ccccc2)[C]39c2ccc(C(O)C=C)cc2)cc1. The first-order valence-corrected chi connectivity index (χ1v) is 32.3. The first-order chi connectivity index (χ1) is 36.5. The van der Waals surface area contributed by atoms with Crippen LogP contribution in [0.25, 0.3) is 0 Å². The minimum atomic E-state index is -7.14. The van der Waals surface area contributed by atoms with Crippen LogP contribution in [0.4, 0.5) is 0 Å². The molecule has 0 aromatic heterocycles. The fourth-order valence-electron chi connectivity index (χ4n) is 32.0. The maximum atomic E-state index is 11.5. The van der Waals surface area contributed by atoms with Gasteiger partial charge in [-0.05, 0) is 0 Å². The number of benzene rings is 8. The van der Waals surface area contributed by atoms with E-state index in [1.165, 1.54) is 44.5 Å². The number of aliphatic hydroxyl groups excluding tert-OH is 4. The number of hydrogen-bond donors (Lipinski definition) is 4. The Balaban J connectivity index is 1.17. The van der Waals surface area contributed by atoms with E-state index in [2.05, 4.69) is 245 Å². The molecule has 0 aliphatic carbocycles. The molecule has 5 heteroatoms. The topological polar surface area (TPSA) is 80.9 Å². The average molecular weight is 1020 g/mol. The van der Waals surface area contributed by atoms with E-state index in [-0.39, 0.29) is 26.9 Å². The summed E-state index contributed by atoms with van der Waals surface area (Å²) < 4.78 is -3.23. The fourth-order valence-corrected chi connectivity index (χ4v) is 119. The van der Waals surface area contributed by atoms with Crippen LogP contribution in [0, 0.1) is 0 Å². The molecular formula is C70H58FeO4. The van der Waals surface area contributed by atoms with Crippen LogP contribution in [0.5, 0.6) is 0 Å². The molecule has 1 spiro atoms. The van der Waals surface area contributed by atoms with Crippen LogP contribution in [0.1, 0.15) is 91.2 Å². The summed E-state index contributed by atoms with van der Waals surface area (Å²) in [7, 11) is 0. The molecule has 18 rings (SSSR count). The molecule has 12 unspecified atom stereocenters. The maximum absolute atomic E-state index is 11.5. The van der Waals surface area contributed by atoms with Crippen LogP contribution >= 0.6 is 0 Å². The molecule has 4 N–H and O–H groups in total. The van der Waals surface area contributed by atoms with E-state index in [1.807, 2.05) is 0 Å². The Morgan fingerprint density at radius 3 is 0.640 bits per heavy atom. The van der Waals surface area contributed by atoms with Gasteiger partial charge in [-0.1, -0.05) is 0 Å². The Labute approximate surface area is 428 Å². The van der Waals surface area contributed by atoms with Gasteiger partial charge >= 0.3 is 431 Å². The second-order valence-corrected chi connectivity index (χ2v) is 46.2. The van der Waals surface area contributed by atoms with Crippen LogP contribution < -0.4 is 0 Å². The van der Waals surface area contributed by atoms with Gasteiger partial charge in [0.1, 0.15) is 0 Å². The van der Waals surface area contributed by atoms with Crippen molar-refractivity contribution >= 4 is 0 Å². The van der Waals surface area contributed by atoms with E-state index in [1.54, 1.807) is 24.3 Å². The summed E-state index contributed by atoms with van der Waals surface area (Å²) >= 11 is 0. The Kier molecular flexibility index (Phi) is 5.10. The molecule has 0 bridgehead atoms. The molecule has 4 nitrogen and oxygen atoms in total. The van der Waals surface area contributed by atoms with Gasteiger partial charge in [0.15, 0.2) is 0 Å². The Bertz CT molecular complexity index is 3800. The molecule has 8 aromatic carbocycles. The Hall–Kier alpha value is -6.92. The third-order valence-electron chi connectivity index (χ3n) is 28.0. The molecule has 10 fully saturated rings. The fraction of sp³-hybridized carbons (Fsp3) is 0.200. The number of rotatable bonds is 16. The van der Waals surface area contributed by atoms with Crippen molar-refractivity contribution in [3.8, 4) is 0 Å². The van der Waals surface area contributed by atoms with Crippen molar-refractivity contribution in [2.24, 2.45) is 0 Å². The predicted molar refractivity (Wildman–Crippen MR) is 293 cm³/mol. The summed E-state index contributed by atoms with van der Waals surface area (Å²) in [5, 5.41) is 46.0. The zero-order valence-electron chi connectivity index (χ0n) is 41.5. The van der Waals surface area contributed by atoms with Gasteiger partial charge < -0.3 is 0 Å². The van der Waals surface area contributed by atoms with Gasteiger partial charge in [0, 0.05) is 0 Å². The average Bonchev–Trinajstić information content (AvgIpc) is 1.01. The summed E-state index contributed by atoms with van der Waals surface area (Å²) in [4.78, 5) is 0.430. The van der Waals surface area contributed by atoms with E-state index in [4.69, 9.17) is 0 Å². The normalized spacial score (nSPS) is 44.3. The van der Waals surface area contributed by atoms with Crippen LogP contribution in [0.3, 0.4) is 0 Å². The summed E-state index contributed by atoms with van der Waals surface area (Å²) in [6.07, 6.45) is 3.22. The van der Waals surface area contributed by atoms with Crippen molar-refractivity contribution in [3.63, 3.8) is 0 Å². The number of hydrogen-bond acceptors (Lipinski definition) is 4. The van der Waals surface area contributed by atoms with Gasteiger partial charge in [-0.3, -0.25) is 0 Å². The first-order valence-electron chi connectivity index (χ1n) is 26.6. The van der Waals surface area contributed by atoms with E-state index in [0.29, 0.717) is 0 Å². The number of aliphatic hydroxyl groups is 4. The standard InChI is InChI=1S/2C35H29O2.Fe/c2*1-3-32(36)26-19-15-24(16-20-26)30-23-31(25-17-21-27(22-18-25)33(37)4-2)35(29-13-9-6-10-14-29)34(30)28-11-7-5-8-12-28;/h2*3-23,32-33,36-37H,1-2H2;. The zero-order chi connectivity index (χ0) is 51.0. The summed E-state index contributed by atoms with van der Waals surface area (Å²) in [6, 6.07) is 84.4. The summed E-state index contributed by atoms with van der Waals surface area (Å²) in [5.41, 5.74) is 14.5. The van der Waals surface area contributed by atoms with Gasteiger partial charge in [0.2, 0.25) is 0 Å². The predicted octanol–water partition coefficient (Wildman–Crippen LogP) is 13.1. The summed E-state index contributed by atoms with van der Waals surface area (Å²) in [5.74, 6) is 0. The summed E-state index contributed by atoms with van der Waals surface area (Å²) in [6.45, 7) is 8.95. The van der Waals surface area contributed by atoms with Crippen molar-refractivity contribution < 1.29 is 26.9 Å². The number of fused-ring (bicyclic) bond motifs is 10. The van der Waals surface area contributed by atoms with Crippen LogP contribution in [-0.2, 0) is 41.0 Å². The quantitative estimate of drug-likeness (QED) is 0.0574. The van der Waals surface area contributed by atoms with Gasteiger partial charge in [-0.15, -0.1) is 0 Å². The molecule has 370 valence electrons. The molecule has 0 saturated carbocycles. The van der Waals surface area contributed by atoms with Crippen molar-refractivity contribution in [2.75, 3.05) is 0 Å². The van der Waals surface area contributed by atoms with Gasteiger partial charge in [-0.25, -0.2) is 0 Å². The molecule has 12 atom stereocenters. The molecule has 10 heterocycles. The van der Waals surface area contributed by atoms with E-state index < -0.39 is 48.2 Å². The van der Waals surface area contributed by atoms with E-state index >= 15 is 0 Å². The van der Waals surface area contributed by atoms with Gasteiger partial charge in [-0.2, -0.15) is 0 Å². The molecule has 75 heavy (non-hydrogen) atoms. The molecule has 0 radical (unpaired) electrons. The monoisotopic (exact) mass is 1020 g/mol. The minimum absolute atomic E-state index is 0.215. The molecule has 0 amide bonds. The van der Waals surface area contributed by atoms with Crippen molar-refractivity contribution in [1.29, 1.82) is 0 Å². The van der Waals surface area contributed by atoms with E-state index in [9.17, 15) is 20.4 Å². The van der Waals surface area contributed by atoms with Crippen LogP contribution in [0.15, 0.2) is 269 Å². The molecule has 10 aliphatic heterocycles. The molecular weight excluding hydrogens is 961 g/mol. The third kappa shape index (κ3) is 1.42. The first kappa shape index (κ1) is 42.3. The molecule has 10 saturated heterocycles. The van der Waals surface area contributed by atoms with Gasteiger partial charge in [0.05, 0.1) is 0 Å². The Morgan fingerprint density at radius 1 is 0.280 bits per heavy atom. The van der Waals surface area contributed by atoms with Crippen molar-refractivity contribution in [1.82, 2.24) is 0 Å². The van der Waals surface area contributed by atoms with Crippen molar-refractivity contribution in [2.45, 2.75) is 68.6 Å². The Morgan fingerprint density at radius 2 is 0.467 bits per heavy atom. The zero-order valence-corrected chi connectivity index (χ0v) is 42.6. The van der Waals surface area contributed by atoms with E-state index in [0.717, 1.165) is 22.3 Å². The molecule has 10 aliphatic rings. The molecule has 8 aromatic rings. The second-order valence-electron chi connectivity index (χ2n) is 24.9. The third-order valence-corrected chi connectivity index (χ3v) is 73.3. The van der Waals surface area contributed by atoms with Crippen LogP contribution in [-0.4, -0.2) is 20.4 Å². The van der Waals surface area contributed by atoms with Gasteiger partial charge in [0.25, 0.3) is 0 Å². The van der Waals surface area contributed by atoms with Crippen LogP contribution in [0.2, 0.25) is 9.63 Å². The second kappa shape index (κ2) is 9.03. The van der Waals surface area contributed by atoms with Crippen molar-refractivity contribution in [3.05, 3.63) is 336 Å².